The van der Waals surface area contributed by atoms with Crippen LogP contribution in [-0.2, 0) is 19.2 Å². The van der Waals surface area contributed by atoms with Gasteiger partial charge in [-0.05, 0) is 38.0 Å². The van der Waals surface area contributed by atoms with E-state index in [1.807, 2.05) is 0 Å². The zero-order valence-corrected chi connectivity index (χ0v) is 18.4. The number of hydrogen-bond donors (Lipinski definition) is 1. The lowest BCUT2D eigenvalue weighted by atomic mass is 9.98. The number of benzene rings is 2. The molecule has 0 saturated heterocycles. The van der Waals surface area contributed by atoms with Crippen molar-refractivity contribution in [3.05, 3.63) is 76.9 Å². The number of oxime groups is 1. The van der Waals surface area contributed by atoms with Gasteiger partial charge in [-0.15, -0.1) is 0 Å². The quantitative estimate of drug-likeness (QED) is 0.296. The highest BCUT2D eigenvalue weighted by atomic mass is 16.7. The summed E-state index contributed by atoms with van der Waals surface area (Å²) in [5.74, 6) is -2.93. The molecule has 8 nitrogen and oxygen atoms in total. The Morgan fingerprint density at radius 1 is 0.970 bits per heavy atom. The van der Waals surface area contributed by atoms with Gasteiger partial charge in [-0.1, -0.05) is 53.7 Å². The van der Waals surface area contributed by atoms with Crippen molar-refractivity contribution >= 4 is 35.3 Å². The molecule has 1 N–H and O–H groups in total. The Labute approximate surface area is 190 Å². The first kappa shape index (κ1) is 23.6. The van der Waals surface area contributed by atoms with Gasteiger partial charge in [0.15, 0.2) is 0 Å². The first-order valence-electron chi connectivity index (χ1n) is 10.2. The van der Waals surface area contributed by atoms with E-state index in [0.29, 0.717) is 16.8 Å². The van der Waals surface area contributed by atoms with Gasteiger partial charge in [-0.2, -0.15) is 0 Å². The first-order valence-corrected chi connectivity index (χ1v) is 10.2. The van der Waals surface area contributed by atoms with Crippen molar-refractivity contribution < 1.29 is 33.9 Å². The summed E-state index contributed by atoms with van der Waals surface area (Å²) in [7, 11) is 0. The number of carboxylic acid groups (broad SMARTS) is 1. The molecule has 0 radical (unpaired) electrons. The third kappa shape index (κ3) is 6.22. The van der Waals surface area contributed by atoms with E-state index >= 15 is 0 Å². The van der Waals surface area contributed by atoms with Gasteiger partial charge in [-0.25, -0.2) is 9.59 Å². The minimum atomic E-state index is -1.08. The second kappa shape index (κ2) is 9.60. The predicted octanol–water partition coefficient (Wildman–Crippen LogP) is 3.68. The zero-order valence-electron chi connectivity index (χ0n) is 18.4. The lowest BCUT2D eigenvalue weighted by Crippen LogP contribution is -2.32. The van der Waals surface area contributed by atoms with Gasteiger partial charge >= 0.3 is 11.9 Å². The van der Waals surface area contributed by atoms with Crippen molar-refractivity contribution in [3.8, 4) is 0 Å². The van der Waals surface area contributed by atoms with E-state index in [1.165, 1.54) is 30.3 Å². The molecule has 2 aromatic carbocycles. The second-order valence-corrected chi connectivity index (χ2v) is 8.40. The largest absolute Gasteiger partial charge is 0.478 e. The van der Waals surface area contributed by atoms with Gasteiger partial charge < -0.3 is 14.7 Å². The number of aliphatic carboxylic acids is 1. The second-order valence-electron chi connectivity index (χ2n) is 8.40. The Balaban J connectivity index is 1.64. The van der Waals surface area contributed by atoms with Crippen LogP contribution in [0.25, 0.3) is 6.08 Å². The minimum Gasteiger partial charge on any atom is -0.478 e. The Morgan fingerprint density at radius 2 is 1.52 bits per heavy atom. The normalized spacial score (nSPS) is 15.6. The number of ether oxygens (including phenoxy) is 1. The van der Waals surface area contributed by atoms with E-state index in [2.05, 4.69) is 5.16 Å². The van der Waals surface area contributed by atoms with E-state index in [-0.39, 0.29) is 17.5 Å². The number of carboxylic acids is 1. The average Bonchev–Trinajstić information content (AvgIpc) is 3.27. The van der Waals surface area contributed by atoms with Crippen molar-refractivity contribution in [2.75, 3.05) is 0 Å². The maximum atomic E-state index is 12.6. The molecule has 0 aromatic heterocycles. The molecule has 8 heteroatoms. The molecule has 0 spiro atoms. The van der Waals surface area contributed by atoms with E-state index in [9.17, 15) is 19.2 Å². The van der Waals surface area contributed by atoms with Crippen LogP contribution in [0, 0.1) is 0 Å². The molecule has 1 aliphatic heterocycles. The van der Waals surface area contributed by atoms with Crippen LogP contribution >= 0.6 is 0 Å². The van der Waals surface area contributed by atoms with Crippen LogP contribution in [0.3, 0.4) is 0 Å². The molecule has 0 fully saturated rings. The van der Waals surface area contributed by atoms with Crippen LogP contribution in [0.5, 0.6) is 0 Å². The summed E-state index contributed by atoms with van der Waals surface area (Å²) in [6, 6.07) is 12.4. The molecule has 0 aliphatic carbocycles. The summed E-state index contributed by atoms with van der Waals surface area (Å²) < 4.78 is 5.31. The summed E-state index contributed by atoms with van der Waals surface area (Å²) in [6.45, 7) is 5.30. The maximum Gasteiger partial charge on any atom is 0.351 e. The fraction of sp³-hybridized carbons (Fsp3) is 0.240. The smallest absolute Gasteiger partial charge is 0.351 e. The molecule has 0 saturated carbocycles. The predicted molar refractivity (Wildman–Crippen MR) is 120 cm³/mol. The number of carbonyl (C=O) groups is 4. The number of nitrogens with zero attached hydrogens (tertiary/aromatic N) is 1. The fourth-order valence-electron chi connectivity index (χ4n) is 3.03. The third-order valence-corrected chi connectivity index (χ3v) is 4.62. The molecular weight excluding hydrogens is 426 g/mol. The molecule has 3 rings (SSSR count). The summed E-state index contributed by atoms with van der Waals surface area (Å²) in [5.41, 5.74) is 1.58. The lowest BCUT2D eigenvalue weighted by Gasteiger charge is -2.20. The maximum absolute atomic E-state index is 12.6. The summed E-state index contributed by atoms with van der Waals surface area (Å²) in [6.07, 6.45) is 1.79. The highest BCUT2D eigenvalue weighted by Crippen LogP contribution is 2.21. The van der Waals surface area contributed by atoms with Crippen molar-refractivity contribution in [2.24, 2.45) is 5.16 Å². The van der Waals surface area contributed by atoms with Gasteiger partial charge in [0, 0.05) is 23.6 Å². The number of carbonyl (C=O) groups excluding carboxylic acids is 3. The van der Waals surface area contributed by atoms with E-state index in [4.69, 9.17) is 14.7 Å². The summed E-state index contributed by atoms with van der Waals surface area (Å²) in [5, 5.41) is 12.6. The zero-order chi connectivity index (χ0) is 24.2. The number of ketones is 2. The number of Topliss-reactive ketones (excluding diaryl/α,β-unsaturated/α-hetero) is 2. The van der Waals surface area contributed by atoms with Crippen molar-refractivity contribution in [3.63, 3.8) is 0 Å². The molecule has 2 aromatic rings. The lowest BCUT2D eigenvalue weighted by molar-refractivity contribution is -0.166. The summed E-state index contributed by atoms with van der Waals surface area (Å²) in [4.78, 5) is 53.1. The topological polar surface area (TPSA) is 119 Å². The minimum absolute atomic E-state index is 0.199. The van der Waals surface area contributed by atoms with Gasteiger partial charge in [0.05, 0.1) is 5.71 Å². The Morgan fingerprint density at radius 3 is 2.03 bits per heavy atom. The highest BCUT2D eigenvalue weighted by Gasteiger charge is 2.33. The molecule has 1 unspecified atom stereocenters. The van der Waals surface area contributed by atoms with Gasteiger partial charge in [-0.3, -0.25) is 9.59 Å². The Hall–Kier alpha value is -4.07. The molecular formula is C25H23NO7. The van der Waals surface area contributed by atoms with Crippen LogP contribution < -0.4 is 0 Å². The van der Waals surface area contributed by atoms with Gasteiger partial charge in [0.1, 0.15) is 5.60 Å². The standard InChI is InChI=1S/C25H23NO7/c1-25(2,3)32-24(31)20-14-19(26-33-20)16-9-11-18(12-10-16)23(30)22(29)17-7-4-15(5-8-17)6-13-21(27)28/h4-13,20H,14H2,1-3H3,(H,27,28)/b13-6+. The van der Waals surface area contributed by atoms with Crippen molar-refractivity contribution in [1.82, 2.24) is 0 Å². The fourth-order valence-corrected chi connectivity index (χ4v) is 3.03. The van der Waals surface area contributed by atoms with Crippen LogP contribution in [-0.4, -0.2) is 46.0 Å². The van der Waals surface area contributed by atoms with Gasteiger partial charge in [0.2, 0.25) is 17.7 Å². The van der Waals surface area contributed by atoms with Crippen molar-refractivity contribution in [2.45, 2.75) is 38.9 Å². The van der Waals surface area contributed by atoms with Crippen LogP contribution in [0.1, 0.15) is 59.0 Å². The van der Waals surface area contributed by atoms with E-state index in [0.717, 1.165) is 6.08 Å². The molecule has 170 valence electrons. The SMILES string of the molecule is CC(C)(C)OC(=O)C1CC(c2ccc(C(=O)C(=O)c3ccc(/C=C/C(=O)O)cc3)cc2)=NO1. The number of hydrogen-bond acceptors (Lipinski definition) is 7. The third-order valence-electron chi connectivity index (χ3n) is 4.62. The number of esters is 1. The van der Waals surface area contributed by atoms with E-state index < -0.39 is 35.2 Å². The number of rotatable bonds is 7. The van der Waals surface area contributed by atoms with Crippen LogP contribution in [0.2, 0.25) is 0 Å². The summed E-state index contributed by atoms with van der Waals surface area (Å²) >= 11 is 0. The van der Waals surface area contributed by atoms with Crippen molar-refractivity contribution in [1.29, 1.82) is 0 Å². The van der Waals surface area contributed by atoms with Crippen LogP contribution in [0.4, 0.5) is 0 Å². The molecule has 0 amide bonds. The molecule has 1 aliphatic rings. The first-order chi connectivity index (χ1) is 15.5. The molecule has 0 bridgehead atoms. The highest BCUT2D eigenvalue weighted by molar-refractivity contribution is 6.49. The Kier molecular flexibility index (Phi) is 6.86. The van der Waals surface area contributed by atoms with Crippen LogP contribution in [0.15, 0.2) is 59.8 Å². The Bertz CT molecular complexity index is 1140. The monoisotopic (exact) mass is 449 g/mol. The average molecular weight is 449 g/mol. The molecule has 1 atom stereocenters. The van der Waals surface area contributed by atoms with E-state index in [1.54, 1.807) is 45.0 Å². The molecule has 1 heterocycles. The molecule has 33 heavy (non-hydrogen) atoms. The van der Waals surface area contributed by atoms with Gasteiger partial charge in [0.25, 0.3) is 0 Å².